The zero-order valence-electron chi connectivity index (χ0n) is 62.8. The summed E-state index contributed by atoms with van der Waals surface area (Å²) in [6.07, 6.45) is 0. The molecule has 6 heterocycles. The van der Waals surface area contributed by atoms with Crippen LogP contribution >= 0.6 is 0 Å². The number of hydrogen-bond donors (Lipinski definition) is 0. The summed E-state index contributed by atoms with van der Waals surface area (Å²) in [5, 5.41) is 32.0. The highest BCUT2D eigenvalue weighted by atomic mass is 16.3. The SMILES string of the molecule is Cc1c2ccccc2cc2c1oc1ccccc12.Cc1cc2ccccc2c2c1oc1ccccc12.Cc1cccc2c1oc1c3ccccc3c3ccccc3c21.Cc1cccc2c1oc1c3ccccc3ccc21.Cc1cccc2c1oc1cc3ccccc3cc12.Cc1cccc2c1oc1ccc3ccccc3c12. The molecule has 25 rings (SSSR count). The first-order chi connectivity index (χ1) is 55.0. The predicted octanol–water partition coefficient (Wildman–Crippen LogP) is 31.4. The summed E-state index contributed by atoms with van der Waals surface area (Å²) in [6.45, 7) is 12.6. The highest BCUT2D eigenvalue weighted by Gasteiger charge is 2.19. The zero-order chi connectivity index (χ0) is 75.2. The summed E-state index contributed by atoms with van der Waals surface area (Å²) < 4.78 is 36.4. The molecule has 0 unspecified atom stereocenters. The van der Waals surface area contributed by atoms with Crippen molar-refractivity contribution < 1.29 is 26.5 Å². The maximum Gasteiger partial charge on any atom is 0.143 e. The Morgan fingerprint density at radius 1 is 0.143 bits per heavy atom. The van der Waals surface area contributed by atoms with Gasteiger partial charge in [-0.05, 0) is 183 Å². The highest BCUT2D eigenvalue weighted by molar-refractivity contribution is 6.31. The zero-order valence-corrected chi connectivity index (χ0v) is 62.8. The predicted molar refractivity (Wildman–Crippen MR) is 473 cm³/mol. The second-order valence-electron chi connectivity index (χ2n) is 29.4. The van der Waals surface area contributed by atoms with Crippen LogP contribution in [-0.2, 0) is 0 Å². The van der Waals surface area contributed by atoms with Gasteiger partial charge in [0.1, 0.15) is 67.0 Å². The van der Waals surface area contributed by atoms with E-state index >= 15 is 0 Å². The molecule has 0 bridgehead atoms. The Bertz CT molecular complexity index is 8000. The van der Waals surface area contributed by atoms with Crippen LogP contribution in [0.5, 0.6) is 0 Å². The van der Waals surface area contributed by atoms with Crippen molar-refractivity contribution in [3.05, 3.63) is 373 Å². The standard InChI is InChI=1S/C21H14O.5C17H12O/c1-13-7-6-12-18-19-16-10-4-2-8-14(16)15-9-3-5-11-17(15)21(19)22-20(13)18;1-11-5-4-8-14-15-9-12-6-2-3-7-13(12)10-16(15)18-17(11)14;1-11-5-4-8-14-16-13-7-3-2-6-12(13)9-10-15(16)18-17(11)14;1-11-5-4-8-14-15-10-9-12-6-2-3-7-13(12)17(15)18-16(11)14;1-11-13-7-3-2-6-12(13)10-15-14-8-4-5-9-16(14)18-17(11)15;1-11-10-12-6-2-3-7-13(12)16-14-8-4-5-9-15(14)18-17(11)16/h2-12H,1H3;5*2-10H,1H3. The minimum Gasteiger partial charge on any atom is -0.456 e. The van der Waals surface area contributed by atoms with Crippen molar-refractivity contribution in [2.24, 2.45) is 0 Å². The summed E-state index contributed by atoms with van der Waals surface area (Å²) in [5.41, 5.74) is 19.1. The minimum absolute atomic E-state index is 0.964. The van der Waals surface area contributed by atoms with Gasteiger partial charge < -0.3 is 26.5 Å². The third kappa shape index (κ3) is 11.4. The van der Waals surface area contributed by atoms with Crippen LogP contribution in [0, 0.1) is 41.5 Å². The van der Waals surface area contributed by atoms with E-state index in [1.54, 1.807) is 0 Å². The van der Waals surface area contributed by atoms with Gasteiger partial charge in [0.05, 0.1) is 0 Å². The van der Waals surface area contributed by atoms with Crippen molar-refractivity contribution in [2.75, 3.05) is 0 Å². The van der Waals surface area contributed by atoms with Crippen LogP contribution in [0.2, 0.25) is 0 Å². The maximum atomic E-state index is 6.30. The lowest BCUT2D eigenvalue weighted by atomic mass is 9.97. The van der Waals surface area contributed by atoms with Crippen LogP contribution in [0.3, 0.4) is 0 Å². The lowest BCUT2D eigenvalue weighted by molar-refractivity contribution is 0.666. The Hall–Kier alpha value is -14.2. The van der Waals surface area contributed by atoms with Crippen molar-refractivity contribution >= 4 is 207 Å². The molecule has 6 nitrogen and oxygen atoms in total. The molecule has 6 heteroatoms. The first-order valence-corrected chi connectivity index (χ1v) is 38.3. The average Bonchev–Trinajstić information content (AvgIpc) is 1.46. The molecule has 6 aromatic heterocycles. The molecule has 0 aliphatic heterocycles. The third-order valence-corrected chi connectivity index (χ3v) is 22.5. The molecule has 0 N–H and O–H groups in total. The van der Waals surface area contributed by atoms with E-state index in [1.807, 2.05) is 24.3 Å². The largest absolute Gasteiger partial charge is 0.456 e. The van der Waals surface area contributed by atoms with Gasteiger partial charge in [-0.2, -0.15) is 0 Å². The molecule has 0 saturated carbocycles. The highest BCUT2D eigenvalue weighted by Crippen LogP contribution is 2.44. The number of rotatable bonds is 0. The smallest absolute Gasteiger partial charge is 0.143 e. The number of fused-ring (bicyclic) bond motifs is 31. The van der Waals surface area contributed by atoms with Crippen molar-refractivity contribution in [2.45, 2.75) is 41.5 Å². The third-order valence-electron chi connectivity index (χ3n) is 22.5. The molecule has 0 aliphatic carbocycles. The second kappa shape index (κ2) is 27.5. The number of hydrogen-bond acceptors (Lipinski definition) is 6. The fourth-order valence-electron chi connectivity index (χ4n) is 17.0. The summed E-state index contributed by atoms with van der Waals surface area (Å²) in [5.74, 6) is 0. The summed E-state index contributed by atoms with van der Waals surface area (Å²) >= 11 is 0. The molecule has 0 atom stereocenters. The molecule has 19 aromatic carbocycles. The monoisotopic (exact) mass is 1440 g/mol. The van der Waals surface area contributed by atoms with Gasteiger partial charge in [-0.3, -0.25) is 0 Å². The van der Waals surface area contributed by atoms with Gasteiger partial charge in [0.25, 0.3) is 0 Å². The number of para-hydroxylation sites is 6. The van der Waals surface area contributed by atoms with Gasteiger partial charge in [0.2, 0.25) is 0 Å². The van der Waals surface area contributed by atoms with Crippen LogP contribution in [0.25, 0.3) is 207 Å². The van der Waals surface area contributed by atoms with Crippen LogP contribution in [0.1, 0.15) is 33.4 Å². The fraction of sp³-hybridized carbons (Fsp3) is 0.0566. The lowest BCUT2D eigenvalue weighted by Crippen LogP contribution is -1.79. The van der Waals surface area contributed by atoms with E-state index in [1.165, 1.54) is 173 Å². The molecule has 25 aromatic rings. The van der Waals surface area contributed by atoms with Gasteiger partial charge in [0, 0.05) is 81.0 Å². The van der Waals surface area contributed by atoms with Crippen molar-refractivity contribution in [3.63, 3.8) is 0 Å². The van der Waals surface area contributed by atoms with Crippen molar-refractivity contribution in [1.82, 2.24) is 0 Å². The van der Waals surface area contributed by atoms with Gasteiger partial charge >= 0.3 is 0 Å². The van der Waals surface area contributed by atoms with E-state index in [0.29, 0.717) is 0 Å². The Labute approximate surface area is 644 Å². The number of aryl methyl sites for hydroxylation is 6. The molecule has 0 saturated heterocycles. The normalized spacial score (nSPS) is 11.7. The van der Waals surface area contributed by atoms with Gasteiger partial charge in [-0.1, -0.05) is 291 Å². The molecule has 534 valence electrons. The first kappa shape index (κ1) is 67.2. The Balaban J connectivity index is 0.0000000877. The molecule has 0 radical (unpaired) electrons. The number of benzene rings is 19. The Morgan fingerprint density at radius 2 is 0.509 bits per heavy atom. The van der Waals surface area contributed by atoms with E-state index < -0.39 is 0 Å². The topological polar surface area (TPSA) is 78.8 Å². The number of furan rings is 6. The Morgan fingerprint density at radius 3 is 1.17 bits per heavy atom. The molecule has 0 amide bonds. The van der Waals surface area contributed by atoms with E-state index in [0.717, 1.165) is 67.0 Å². The van der Waals surface area contributed by atoms with E-state index in [4.69, 9.17) is 26.5 Å². The quantitative estimate of drug-likeness (QED) is 0.141. The summed E-state index contributed by atoms with van der Waals surface area (Å²) in [4.78, 5) is 0. The molecule has 0 spiro atoms. The van der Waals surface area contributed by atoms with Gasteiger partial charge in [-0.15, -0.1) is 0 Å². The van der Waals surface area contributed by atoms with E-state index in [9.17, 15) is 0 Å². The molecule has 0 aliphatic rings. The molecule has 0 fully saturated rings. The van der Waals surface area contributed by atoms with E-state index in [2.05, 4.69) is 357 Å². The van der Waals surface area contributed by atoms with Gasteiger partial charge in [0.15, 0.2) is 0 Å². The van der Waals surface area contributed by atoms with Crippen LogP contribution in [0.15, 0.2) is 366 Å². The van der Waals surface area contributed by atoms with Crippen molar-refractivity contribution in [1.29, 1.82) is 0 Å². The van der Waals surface area contributed by atoms with Crippen LogP contribution < -0.4 is 0 Å². The maximum absolute atomic E-state index is 6.30. The van der Waals surface area contributed by atoms with Crippen LogP contribution in [-0.4, -0.2) is 0 Å². The molecular formula is C106H74O6. The Kier molecular flexibility index (Phi) is 16.5. The average molecular weight is 1440 g/mol. The molecular weight excluding hydrogens is 1370 g/mol. The van der Waals surface area contributed by atoms with Gasteiger partial charge in [-0.25, -0.2) is 0 Å². The first-order valence-electron chi connectivity index (χ1n) is 38.3. The van der Waals surface area contributed by atoms with E-state index in [-0.39, 0.29) is 0 Å². The molecule has 112 heavy (non-hydrogen) atoms. The fourth-order valence-corrected chi connectivity index (χ4v) is 17.0. The second-order valence-corrected chi connectivity index (χ2v) is 29.4. The summed E-state index contributed by atoms with van der Waals surface area (Å²) in [6, 6.07) is 118. The minimum atomic E-state index is 0.964. The lowest BCUT2D eigenvalue weighted by Gasteiger charge is -2.05. The van der Waals surface area contributed by atoms with Crippen molar-refractivity contribution in [3.8, 4) is 0 Å². The summed E-state index contributed by atoms with van der Waals surface area (Å²) in [7, 11) is 0. The van der Waals surface area contributed by atoms with Crippen LogP contribution in [0.4, 0.5) is 0 Å².